The molecule has 0 bridgehead atoms. The minimum atomic E-state index is -0.653. The summed E-state index contributed by atoms with van der Waals surface area (Å²) in [6, 6.07) is 23.6. The van der Waals surface area contributed by atoms with Gasteiger partial charge in [-0.25, -0.2) is 0 Å². The lowest BCUT2D eigenvalue weighted by Gasteiger charge is -2.36. The molecule has 1 atom stereocenters. The first kappa shape index (κ1) is 19.2. The number of carbonyl (C=O) groups excluding carboxylic acids is 2. The molecule has 0 radical (unpaired) electrons. The van der Waals surface area contributed by atoms with Crippen LogP contribution in [0, 0.1) is 0 Å². The van der Waals surface area contributed by atoms with Crippen molar-refractivity contribution in [2.24, 2.45) is 0 Å². The Balaban J connectivity index is 1.60. The summed E-state index contributed by atoms with van der Waals surface area (Å²) in [5.41, 5.74) is 3.53. The van der Waals surface area contributed by atoms with Crippen molar-refractivity contribution in [3.8, 4) is 0 Å². The summed E-state index contributed by atoms with van der Waals surface area (Å²) in [6.07, 6.45) is 0.732. The minimum absolute atomic E-state index is 0.133. The van der Waals surface area contributed by atoms with Crippen molar-refractivity contribution in [2.75, 3.05) is 6.54 Å². The highest BCUT2D eigenvalue weighted by Gasteiger charge is 2.36. The van der Waals surface area contributed by atoms with Crippen LogP contribution in [0.3, 0.4) is 0 Å². The minimum Gasteiger partial charge on any atom is -0.350 e. The predicted molar refractivity (Wildman–Crippen MR) is 114 cm³/mol. The molecule has 29 heavy (non-hydrogen) atoms. The number of rotatable bonds is 4. The van der Waals surface area contributed by atoms with Crippen molar-refractivity contribution in [3.05, 3.63) is 106 Å². The number of benzene rings is 3. The Labute approximate surface area is 175 Å². The second-order valence-corrected chi connectivity index (χ2v) is 7.50. The van der Waals surface area contributed by atoms with Gasteiger partial charge in [-0.05, 0) is 47.4 Å². The van der Waals surface area contributed by atoms with Crippen molar-refractivity contribution >= 4 is 23.4 Å². The monoisotopic (exact) mass is 404 g/mol. The lowest BCUT2D eigenvalue weighted by atomic mass is 9.91. The molecule has 0 aromatic heterocycles. The van der Waals surface area contributed by atoms with E-state index in [-0.39, 0.29) is 11.8 Å². The summed E-state index contributed by atoms with van der Waals surface area (Å²) in [4.78, 5) is 28.1. The van der Waals surface area contributed by atoms with E-state index in [0.29, 0.717) is 23.7 Å². The number of carbonyl (C=O) groups is 2. The molecule has 3 aromatic rings. The average Bonchev–Trinajstić information content (AvgIpc) is 2.78. The van der Waals surface area contributed by atoms with E-state index in [1.807, 2.05) is 54.6 Å². The summed E-state index contributed by atoms with van der Waals surface area (Å²) >= 11 is 5.93. The van der Waals surface area contributed by atoms with Crippen molar-refractivity contribution in [1.29, 1.82) is 0 Å². The zero-order chi connectivity index (χ0) is 20.2. The molecule has 1 heterocycles. The Hall–Kier alpha value is -3.11. The molecule has 0 saturated heterocycles. The second-order valence-electron chi connectivity index (χ2n) is 7.06. The van der Waals surface area contributed by atoms with Gasteiger partial charge in [-0.15, -0.1) is 0 Å². The first-order chi connectivity index (χ1) is 14.1. The standard InChI is InChI=1S/C24H21ClN2O2/c25-20-12-10-17(11-13-20)16-26-23(28)22-21-9-5-4-6-18(21)14-15-27(22)24(29)19-7-2-1-3-8-19/h1-13,22H,14-16H2,(H,26,28)/t22-/m1/s1. The first-order valence-corrected chi connectivity index (χ1v) is 9.97. The number of hydrogen-bond acceptors (Lipinski definition) is 2. The lowest BCUT2D eigenvalue weighted by molar-refractivity contribution is -0.126. The van der Waals surface area contributed by atoms with Crippen LogP contribution in [0.5, 0.6) is 0 Å². The molecule has 4 nitrogen and oxygen atoms in total. The fourth-order valence-corrected chi connectivity index (χ4v) is 3.83. The van der Waals surface area contributed by atoms with Crippen LogP contribution in [0.4, 0.5) is 0 Å². The van der Waals surface area contributed by atoms with Crippen LogP contribution >= 0.6 is 11.6 Å². The highest BCUT2D eigenvalue weighted by molar-refractivity contribution is 6.30. The summed E-state index contributed by atoms with van der Waals surface area (Å²) in [7, 11) is 0. The smallest absolute Gasteiger partial charge is 0.254 e. The third-order valence-electron chi connectivity index (χ3n) is 5.19. The van der Waals surface area contributed by atoms with Crippen molar-refractivity contribution in [2.45, 2.75) is 19.0 Å². The highest BCUT2D eigenvalue weighted by atomic mass is 35.5. The maximum Gasteiger partial charge on any atom is 0.254 e. The quantitative estimate of drug-likeness (QED) is 0.700. The van der Waals surface area contributed by atoms with Crippen LogP contribution in [0.15, 0.2) is 78.9 Å². The Morgan fingerprint density at radius 3 is 2.38 bits per heavy atom. The van der Waals surface area contributed by atoms with Gasteiger partial charge in [-0.3, -0.25) is 9.59 Å². The van der Waals surface area contributed by atoms with Gasteiger partial charge in [0.05, 0.1) is 0 Å². The van der Waals surface area contributed by atoms with Gasteiger partial charge in [-0.2, -0.15) is 0 Å². The molecule has 5 heteroatoms. The molecule has 2 amide bonds. The van der Waals surface area contributed by atoms with Crippen LogP contribution in [-0.2, 0) is 17.8 Å². The Morgan fingerprint density at radius 1 is 0.931 bits per heavy atom. The maximum absolute atomic E-state index is 13.2. The molecule has 0 unspecified atom stereocenters. The molecule has 0 aliphatic carbocycles. The number of nitrogens with zero attached hydrogens (tertiary/aromatic N) is 1. The Bertz CT molecular complexity index is 1020. The number of halogens is 1. The zero-order valence-corrected chi connectivity index (χ0v) is 16.6. The van der Waals surface area contributed by atoms with Crippen molar-refractivity contribution in [1.82, 2.24) is 10.2 Å². The van der Waals surface area contributed by atoms with E-state index in [1.165, 1.54) is 0 Å². The molecule has 0 saturated carbocycles. The SMILES string of the molecule is O=C(NCc1ccc(Cl)cc1)[C@H]1c2ccccc2CCN1C(=O)c1ccccc1. The molecule has 4 rings (SSSR count). The normalized spacial score (nSPS) is 15.5. The van der Waals surface area contributed by atoms with Crippen molar-refractivity contribution in [3.63, 3.8) is 0 Å². The lowest BCUT2D eigenvalue weighted by Crippen LogP contribution is -2.47. The van der Waals surface area contributed by atoms with Crippen LogP contribution in [0.25, 0.3) is 0 Å². The van der Waals surface area contributed by atoms with E-state index in [2.05, 4.69) is 5.32 Å². The molecule has 0 spiro atoms. The third-order valence-corrected chi connectivity index (χ3v) is 5.45. The van der Waals surface area contributed by atoms with Crippen LogP contribution in [-0.4, -0.2) is 23.3 Å². The van der Waals surface area contributed by atoms with Crippen LogP contribution in [0.1, 0.15) is 33.1 Å². The average molecular weight is 405 g/mol. The summed E-state index contributed by atoms with van der Waals surface area (Å²) in [5.74, 6) is -0.317. The predicted octanol–water partition coefficient (Wildman–Crippen LogP) is 4.40. The van der Waals surface area contributed by atoms with Gasteiger partial charge in [0.1, 0.15) is 6.04 Å². The summed E-state index contributed by atoms with van der Waals surface area (Å²) in [5, 5.41) is 3.64. The summed E-state index contributed by atoms with van der Waals surface area (Å²) in [6.45, 7) is 0.881. The molecule has 1 N–H and O–H groups in total. The van der Waals surface area contributed by atoms with Gasteiger partial charge >= 0.3 is 0 Å². The molecule has 0 fully saturated rings. The van der Waals surface area contributed by atoms with Gasteiger partial charge in [-0.1, -0.05) is 66.2 Å². The molecular weight excluding hydrogens is 384 g/mol. The zero-order valence-electron chi connectivity index (χ0n) is 15.8. The van der Waals surface area contributed by atoms with Gasteiger partial charge in [0, 0.05) is 23.7 Å². The first-order valence-electron chi connectivity index (χ1n) is 9.59. The van der Waals surface area contributed by atoms with Gasteiger partial charge in [0.2, 0.25) is 5.91 Å². The molecule has 1 aliphatic rings. The number of fused-ring (bicyclic) bond motifs is 1. The van der Waals surface area contributed by atoms with Crippen molar-refractivity contribution < 1.29 is 9.59 Å². The number of nitrogens with one attached hydrogen (secondary N) is 1. The molecule has 3 aromatic carbocycles. The molecule has 1 aliphatic heterocycles. The third kappa shape index (κ3) is 4.17. The molecule has 146 valence electrons. The second kappa shape index (κ2) is 8.50. The van der Waals surface area contributed by atoms with E-state index in [1.54, 1.807) is 29.2 Å². The Kier molecular flexibility index (Phi) is 5.63. The fourth-order valence-electron chi connectivity index (χ4n) is 3.70. The van der Waals surface area contributed by atoms with E-state index in [4.69, 9.17) is 11.6 Å². The number of hydrogen-bond donors (Lipinski definition) is 1. The van der Waals surface area contributed by atoms with E-state index < -0.39 is 6.04 Å². The van der Waals surface area contributed by atoms with Crippen LogP contribution < -0.4 is 5.32 Å². The maximum atomic E-state index is 13.2. The van der Waals surface area contributed by atoms with Crippen LogP contribution in [0.2, 0.25) is 5.02 Å². The Morgan fingerprint density at radius 2 is 1.62 bits per heavy atom. The van der Waals surface area contributed by atoms with Gasteiger partial charge < -0.3 is 10.2 Å². The molecular formula is C24H21ClN2O2. The fraction of sp³-hybridized carbons (Fsp3) is 0.167. The van der Waals surface area contributed by atoms with E-state index in [9.17, 15) is 9.59 Å². The van der Waals surface area contributed by atoms with E-state index in [0.717, 1.165) is 23.1 Å². The van der Waals surface area contributed by atoms with Gasteiger partial charge in [0.25, 0.3) is 5.91 Å². The topological polar surface area (TPSA) is 49.4 Å². The van der Waals surface area contributed by atoms with Gasteiger partial charge in [0.15, 0.2) is 0 Å². The number of amides is 2. The highest BCUT2D eigenvalue weighted by Crippen LogP contribution is 2.31. The van der Waals surface area contributed by atoms with E-state index >= 15 is 0 Å². The largest absolute Gasteiger partial charge is 0.350 e. The summed E-state index contributed by atoms with van der Waals surface area (Å²) < 4.78 is 0.